The highest BCUT2D eigenvalue weighted by molar-refractivity contribution is 9.09. The quantitative estimate of drug-likeness (QED) is 0.385. The third kappa shape index (κ3) is 10.2. The van der Waals surface area contributed by atoms with Gasteiger partial charge in [0.05, 0.1) is 13.0 Å². The molecule has 0 amide bonds. The Balaban J connectivity index is 3.08. The first-order valence-corrected chi connectivity index (χ1v) is 7.03. The molecule has 0 bridgehead atoms. The van der Waals surface area contributed by atoms with Crippen molar-refractivity contribution >= 4 is 33.7 Å². The first kappa shape index (κ1) is 13.3. The molecular formula is C9H17BrO2S. The summed E-state index contributed by atoms with van der Waals surface area (Å²) in [5.74, 6) is 0.799. The predicted molar refractivity (Wildman–Crippen MR) is 61.6 cm³/mol. The average molecular weight is 269 g/mol. The molecule has 0 aliphatic rings. The highest BCUT2D eigenvalue weighted by atomic mass is 79.9. The molecule has 0 N–H and O–H groups in total. The second kappa shape index (κ2) is 10.4. The third-order valence-corrected chi connectivity index (χ3v) is 2.72. The maximum Gasteiger partial charge on any atom is 0.306 e. The highest BCUT2D eigenvalue weighted by Gasteiger charge is 2.00. The molecule has 0 atom stereocenters. The van der Waals surface area contributed by atoms with Gasteiger partial charge in [0.1, 0.15) is 0 Å². The normalized spacial score (nSPS) is 10.0. The van der Waals surface area contributed by atoms with Crippen LogP contribution in [0.15, 0.2) is 0 Å². The Kier molecular flexibility index (Phi) is 10.6. The summed E-state index contributed by atoms with van der Waals surface area (Å²) in [5, 5.41) is 1.04. The number of alkyl halides is 1. The number of esters is 1. The van der Waals surface area contributed by atoms with Crippen molar-refractivity contribution in [1.29, 1.82) is 0 Å². The Bertz CT molecular complexity index is 131. The van der Waals surface area contributed by atoms with E-state index in [4.69, 9.17) is 4.74 Å². The summed E-state index contributed by atoms with van der Waals surface area (Å²) in [6.45, 7) is 0.584. The Hall–Kier alpha value is 0.300. The summed E-state index contributed by atoms with van der Waals surface area (Å²) in [5.41, 5.74) is 0. The minimum atomic E-state index is -0.0619. The van der Waals surface area contributed by atoms with Crippen molar-refractivity contribution in [1.82, 2.24) is 0 Å². The SMILES string of the molecule is CSCCC(=O)OCCCCCBr. The second-order valence-electron chi connectivity index (χ2n) is 2.71. The number of halogens is 1. The van der Waals surface area contributed by atoms with Crippen LogP contribution >= 0.6 is 27.7 Å². The molecule has 0 rings (SSSR count). The van der Waals surface area contributed by atoms with Gasteiger partial charge in [-0.1, -0.05) is 15.9 Å². The van der Waals surface area contributed by atoms with Crippen LogP contribution in [-0.4, -0.2) is 29.9 Å². The molecule has 0 heterocycles. The lowest BCUT2D eigenvalue weighted by Crippen LogP contribution is -2.06. The third-order valence-electron chi connectivity index (χ3n) is 1.55. The fraction of sp³-hybridized carbons (Fsp3) is 0.889. The van der Waals surface area contributed by atoms with Crippen LogP contribution in [0.2, 0.25) is 0 Å². The summed E-state index contributed by atoms with van der Waals surface area (Å²) in [7, 11) is 0. The predicted octanol–water partition coefficient (Wildman–Crippen LogP) is 2.85. The maximum atomic E-state index is 11.0. The van der Waals surface area contributed by atoms with Crippen molar-refractivity contribution in [3.05, 3.63) is 0 Å². The molecule has 0 saturated carbocycles. The van der Waals surface area contributed by atoms with E-state index in [0.717, 1.165) is 30.3 Å². The van der Waals surface area contributed by atoms with Crippen LogP contribution in [0.1, 0.15) is 25.7 Å². The molecule has 0 aromatic carbocycles. The fourth-order valence-corrected chi connectivity index (χ4v) is 1.58. The molecule has 0 radical (unpaired) electrons. The van der Waals surface area contributed by atoms with Crippen LogP contribution < -0.4 is 0 Å². The van der Waals surface area contributed by atoms with Crippen LogP contribution in [0, 0.1) is 0 Å². The largest absolute Gasteiger partial charge is 0.466 e. The van der Waals surface area contributed by atoms with E-state index in [1.165, 1.54) is 0 Å². The maximum absolute atomic E-state index is 11.0. The van der Waals surface area contributed by atoms with Gasteiger partial charge in [0, 0.05) is 11.1 Å². The minimum Gasteiger partial charge on any atom is -0.466 e. The van der Waals surface area contributed by atoms with Gasteiger partial charge in [-0.05, 0) is 25.5 Å². The van der Waals surface area contributed by atoms with Crippen LogP contribution in [0.5, 0.6) is 0 Å². The summed E-state index contributed by atoms with van der Waals surface area (Å²) in [6, 6.07) is 0. The average Bonchev–Trinajstić information content (AvgIpc) is 2.14. The molecule has 13 heavy (non-hydrogen) atoms. The summed E-state index contributed by atoms with van der Waals surface area (Å²) >= 11 is 5.02. The van der Waals surface area contributed by atoms with E-state index in [2.05, 4.69) is 15.9 Å². The van der Waals surface area contributed by atoms with E-state index < -0.39 is 0 Å². The minimum absolute atomic E-state index is 0.0619. The van der Waals surface area contributed by atoms with Gasteiger partial charge in [0.25, 0.3) is 0 Å². The first-order chi connectivity index (χ1) is 6.31. The Labute approximate surface area is 92.9 Å². The van der Waals surface area contributed by atoms with Gasteiger partial charge in [-0.2, -0.15) is 11.8 Å². The monoisotopic (exact) mass is 268 g/mol. The van der Waals surface area contributed by atoms with Gasteiger partial charge in [0.15, 0.2) is 0 Å². The molecule has 4 heteroatoms. The van der Waals surface area contributed by atoms with E-state index in [0.29, 0.717) is 13.0 Å². The number of thioether (sulfide) groups is 1. The van der Waals surface area contributed by atoms with Crippen molar-refractivity contribution < 1.29 is 9.53 Å². The molecule has 0 aliphatic heterocycles. The molecule has 0 aromatic heterocycles. The number of ether oxygens (including phenoxy) is 1. The van der Waals surface area contributed by atoms with Crippen LogP contribution in [0.3, 0.4) is 0 Å². The van der Waals surface area contributed by atoms with Gasteiger partial charge < -0.3 is 4.74 Å². The standard InChI is InChI=1S/C9H17BrO2S/c1-13-8-5-9(11)12-7-4-2-3-6-10/h2-8H2,1H3. The molecule has 0 aromatic rings. The molecule has 78 valence electrons. The topological polar surface area (TPSA) is 26.3 Å². The number of rotatable bonds is 8. The van der Waals surface area contributed by atoms with Gasteiger partial charge in [-0.3, -0.25) is 4.79 Å². The smallest absolute Gasteiger partial charge is 0.306 e. The van der Waals surface area contributed by atoms with Gasteiger partial charge >= 0.3 is 5.97 Å². The lowest BCUT2D eigenvalue weighted by molar-refractivity contribution is -0.143. The lowest BCUT2D eigenvalue weighted by atomic mass is 10.3. The van der Waals surface area contributed by atoms with E-state index in [9.17, 15) is 4.79 Å². The molecular weight excluding hydrogens is 252 g/mol. The number of hydrogen-bond acceptors (Lipinski definition) is 3. The lowest BCUT2D eigenvalue weighted by Gasteiger charge is -2.03. The second-order valence-corrected chi connectivity index (χ2v) is 4.49. The van der Waals surface area contributed by atoms with Crippen LogP contribution in [0.4, 0.5) is 0 Å². The van der Waals surface area contributed by atoms with Gasteiger partial charge in [0.2, 0.25) is 0 Å². The van der Waals surface area contributed by atoms with E-state index >= 15 is 0 Å². The van der Waals surface area contributed by atoms with E-state index in [-0.39, 0.29) is 5.97 Å². The summed E-state index contributed by atoms with van der Waals surface area (Å²) in [4.78, 5) is 11.0. The van der Waals surface area contributed by atoms with Crippen molar-refractivity contribution in [2.24, 2.45) is 0 Å². The Morgan fingerprint density at radius 3 is 2.77 bits per heavy atom. The zero-order valence-corrected chi connectivity index (χ0v) is 10.5. The molecule has 0 saturated heterocycles. The molecule has 0 aliphatic carbocycles. The molecule has 2 nitrogen and oxygen atoms in total. The number of unbranched alkanes of at least 4 members (excludes halogenated alkanes) is 2. The zero-order chi connectivity index (χ0) is 9.94. The number of carbonyl (C=O) groups excluding carboxylic acids is 1. The Morgan fingerprint density at radius 1 is 1.38 bits per heavy atom. The summed E-state index contributed by atoms with van der Waals surface area (Å²) in [6.07, 6.45) is 5.79. The zero-order valence-electron chi connectivity index (χ0n) is 8.05. The van der Waals surface area contributed by atoms with E-state index in [1.807, 2.05) is 6.26 Å². The van der Waals surface area contributed by atoms with Crippen molar-refractivity contribution in [2.75, 3.05) is 23.9 Å². The number of carbonyl (C=O) groups is 1. The highest BCUT2D eigenvalue weighted by Crippen LogP contribution is 2.01. The number of hydrogen-bond donors (Lipinski definition) is 0. The van der Waals surface area contributed by atoms with Crippen molar-refractivity contribution in [3.8, 4) is 0 Å². The Morgan fingerprint density at radius 2 is 2.15 bits per heavy atom. The molecule has 0 fully saturated rings. The van der Waals surface area contributed by atoms with Crippen molar-refractivity contribution in [3.63, 3.8) is 0 Å². The van der Waals surface area contributed by atoms with Crippen molar-refractivity contribution in [2.45, 2.75) is 25.7 Å². The van der Waals surface area contributed by atoms with Gasteiger partial charge in [-0.25, -0.2) is 0 Å². The van der Waals surface area contributed by atoms with Crippen LogP contribution in [-0.2, 0) is 9.53 Å². The fourth-order valence-electron chi connectivity index (χ4n) is 0.817. The van der Waals surface area contributed by atoms with Gasteiger partial charge in [-0.15, -0.1) is 0 Å². The summed E-state index contributed by atoms with van der Waals surface area (Å²) < 4.78 is 5.02. The molecule has 0 unspecified atom stereocenters. The van der Waals surface area contributed by atoms with E-state index in [1.54, 1.807) is 11.8 Å². The van der Waals surface area contributed by atoms with Crippen LogP contribution in [0.25, 0.3) is 0 Å². The first-order valence-electron chi connectivity index (χ1n) is 4.51. The molecule has 0 spiro atoms.